The molecule has 0 saturated heterocycles. The first kappa shape index (κ1) is 26.1. The van der Waals surface area contributed by atoms with Gasteiger partial charge in [-0.25, -0.2) is 4.98 Å². The molecule has 0 bridgehead atoms. The summed E-state index contributed by atoms with van der Waals surface area (Å²) in [4.78, 5) is 4.27. The molecule has 1 heterocycles. The maximum Gasteiger partial charge on any atom is 0.216 e. The summed E-state index contributed by atoms with van der Waals surface area (Å²) in [5.74, 6) is -0.318. The fraction of sp³-hybridized carbons (Fsp3) is 0.469. The molecule has 0 amide bonds. The normalized spacial score (nSPS) is 11.1. The summed E-state index contributed by atoms with van der Waals surface area (Å²) in [6, 6.07) is 21.1. The number of halogens is 1. The lowest BCUT2D eigenvalue weighted by Gasteiger charge is -2.08. The molecule has 1 aromatic heterocycles. The number of unbranched alkanes of at least 4 members (excludes halogenated alkanes) is 9. The first-order chi connectivity index (χ1) is 16.7. The number of benzene rings is 2. The molecule has 0 aliphatic rings. The van der Waals surface area contributed by atoms with E-state index in [-0.39, 0.29) is 5.95 Å². The summed E-state index contributed by atoms with van der Waals surface area (Å²) < 4.78 is 14.6. The Morgan fingerprint density at radius 2 is 1.03 bits per heavy atom. The van der Waals surface area contributed by atoms with Crippen molar-refractivity contribution in [2.75, 3.05) is 0 Å². The lowest BCUT2D eigenvalue weighted by molar-refractivity contribution is 0.551. The van der Waals surface area contributed by atoms with Gasteiger partial charge in [-0.1, -0.05) is 126 Å². The van der Waals surface area contributed by atoms with Gasteiger partial charge in [-0.05, 0) is 48.4 Å². The van der Waals surface area contributed by atoms with Crippen molar-refractivity contribution in [2.45, 2.75) is 97.3 Å². The lowest BCUT2D eigenvalue weighted by atomic mass is 9.99. The summed E-state index contributed by atoms with van der Waals surface area (Å²) in [6.45, 7) is 4.49. The van der Waals surface area contributed by atoms with E-state index in [4.69, 9.17) is 0 Å². The van der Waals surface area contributed by atoms with E-state index >= 15 is 0 Å². The molecule has 182 valence electrons. The summed E-state index contributed by atoms with van der Waals surface area (Å²) in [7, 11) is 0. The van der Waals surface area contributed by atoms with E-state index in [0.29, 0.717) is 5.69 Å². The van der Waals surface area contributed by atoms with Crippen molar-refractivity contribution in [3.05, 3.63) is 77.7 Å². The van der Waals surface area contributed by atoms with Gasteiger partial charge in [0.2, 0.25) is 5.95 Å². The highest BCUT2D eigenvalue weighted by molar-refractivity contribution is 5.69. The fourth-order valence-electron chi connectivity index (χ4n) is 4.54. The average Bonchev–Trinajstić information content (AvgIpc) is 2.87. The Morgan fingerprint density at radius 1 is 0.529 bits per heavy atom. The molecule has 0 aliphatic carbocycles. The van der Waals surface area contributed by atoms with Crippen molar-refractivity contribution in [1.82, 2.24) is 4.98 Å². The van der Waals surface area contributed by atoms with Crippen molar-refractivity contribution in [1.29, 1.82) is 0 Å². The van der Waals surface area contributed by atoms with E-state index in [1.165, 1.54) is 80.9 Å². The van der Waals surface area contributed by atoms with Crippen LogP contribution in [0.5, 0.6) is 0 Å². The van der Waals surface area contributed by atoms with Crippen LogP contribution in [0.4, 0.5) is 4.39 Å². The van der Waals surface area contributed by atoms with Gasteiger partial charge < -0.3 is 0 Å². The standard InChI is InChI=1S/C32H42FN/c1-3-5-7-9-10-11-13-15-30-24-25-31(34-32(30)33)29-22-20-28(21-23-29)27-18-16-26(17-19-27)14-12-8-6-4-2/h16-25H,3-15H2,1-2H3. The van der Waals surface area contributed by atoms with Crippen LogP contribution in [0.25, 0.3) is 22.4 Å². The Balaban J connectivity index is 1.52. The Labute approximate surface area is 206 Å². The molecule has 0 aliphatic heterocycles. The molecule has 34 heavy (non-hydrogen) atoms. The Bertz CT molecular complexity index is 959. The molecule has 0 unspecified atom stereocenters. The topological polar surface area (TPSA) is 12.9 Å². The van der Waals surface area contributed by atoms with Crippen LogP contribution in [-0.4, -0.2) is 4.98 Å². The van der Waals surface area contributed by atoms with Gasteiger partial charge in [0.25, 0.3) is 0 Å². The Morgan fingerprint density at radius 3 is 1.65 bits per heavy atom. The van der Waals surface area contributed by atoms with Gasteiger partial charge in [0.05, 0.1) is 5.69 Å². The van der Waals surface area contributed by atoms with Crippen LogP contribution in [-0.2, 0) is 12.8 Å². The van der Waals surface area contributed by atoms with Crippen molar-refractivity contribution in [2.24, 2.45) is 0 Å². The zero-order chi connectivity index (χ0) is 24.0. The predicted octanol–water partition coefficient (Wildman–Crippen LogP) is 9.97. The zero-order valence-corrected chi connectivity index (χ0v) is 21.3. The lowest BCUT2D eigenvalue weighted by Crippen LogP contribution is -1.96. The van der Waals surface area contributed by atoms with E-state index < -0.39 is 0 Å². The van der Waals surface area contributed by atoms with E-state index in [0.717, 1.165) is 30.4 Å². The largest absolute Gasteiger partial charge is 0.219 e. The van der Waals surface area contributed by atoms with Crippen LogP contribution >= 0.6 is 0 Å². The third kappa shape index (κ3) is 8.38. The Hall–Kier alpha value is -2.48. The first-order valence-electron chi connectivity index (χ1n) is 13.6. The van der Waals surface area contributed by atoms with Crippen molar-refractivity contribution >= 4 is 0 Å². The minimum atomic E-state index is -0.318. The number of nitrogens with zero attached hydrogens (tertiary/aromatic N) is 1. The Kier molecular flexibility index (Phi) is 11.3. The molecular weight excluding hydrogens is 417 g/mol. The van der Waals surface area contributed by atoms with Crippen LogP contribution < -0.4 is 0 Å². The quantitative estimate of drug-likeness (QED) is 0.163. The van der Waals surface area contributed by atoms with Crippen molar-refractivity contribution in [3.63, 3.8) is 0 Å². The molecule has 3 aromatic rings. The second-order valence-electron chi connectivity index (χ2n) is 9.60. The number of hydrogen-bond acceptors (Lipinski definition) is 1. The van der Waals surface area contributed by atoms with Crippen LogP contribution in [0.1, 0.15) is 95.6 Å². The van der Waals surface area contributed by atoms with Gasteiger partial charge in [-0.2, -0.15) is 4.39 Å². The molecule has 0 fully saturated rings. The highest BCUT2D eigenvalue weighted by Crippen LogP contribution is 2.25. The molecule has 0 saturated carbocycles. The zero-order valence-electron chi connectivity index (χ0n) is 21.3. The van der Waals surface area contributed by atoms with Gasteiger partial charge >= 0.3 is 0 Å². The summed E-state index contributed by atoms with van der Waals surface area (Å²) in [5, 5.41) is 0. The third-order valence-corrected chi connectivity index (χ3v) is 6.76. The molecule has 0 atom stereocenters. The summed E-state index contributed by atoms with van der Waals surface area (Å²) in [5.41, 5.74) is 6.20. The molecule has 2 heteroatoms. The summed E-state index contributed by atoms with van der Waals surface area (Å²) in [6.07, 6.45) is 15.8. The molecule has 0 radical (unpaired) electrons. The number of rotatable bonds is 15. The van der Waals surface area contributed by atoms with Crippen molar-refractivity contribution in [3.8, 4) is 22.4 Å². The van der Waals surface area contributed by atoms with Gasteiger partial charge in [0, 0.05) is 11.1 Å². The van der Waals surface area contributed by atoms with Gasteiger partial charge in [0.15, 0.2) is 0 Å². The number of aromatic nitrogens is 1. The van der Waals surface area contributed by atoms with Crippen molar-refractivity contribution < 1.29 is 4.39 Å². The van der Waals surface area contributed by atoms with Gasteiger partial charge in [0.1, 0.15) is 0 Å². The molecule has 0 N–H and O–H groups in total. The second-order valence-corrected chi connectivity index (χ2v) is 9.60. The molecule has 1 nitrogen and oxygen atoms in total. The van der Waals surface area contributed by atoms with E-state index in [1.807, 2.05) is 24.3 Å². The molecule has 0 spiro atoms. The molecule has 2 aromatic carbocycles. The highest BCUT2D eigenvalue weighted by atomic mass is 19.1. The minimum Gasteiger partial charge on any atom is -0.219 e. The monoisotopic (exact) mass is 459 g/mol. The predicted molar refractivity (Wildman–Crippen MR) is 145 cm³/mol. The minimum absolute atomic E-state index is 0.318. The fourth-order valence-corrected chi connectivity index (χ4v) is 4.54. The smallest absolute Gasteiger partial charge is 0.216 e. The second kappa shape index (κ2) is 14.7. The maximum absolute atomic E-state index is 14.6. The van der Waals surface area contributed by atoms with E-state index in [2.05, 4.69) is 55.2 Å². The third-order valence-electron chi connectivity index (χ3n) is 6.76. The molecule has 3 rings (SSSR count). The van der Waals surface area contributed by atoms with Gasteiger partial charge in [-0.3, -0.25) is 0 Å². The van der Waals surface area contributed by atoms with Crippen LogP contribution in [0, 0.1) is 5.95 Å². The van der Waals surface area contributed by atoms with Crippen LogP contribution in [0.3, 0.4) is 0 Å². The number of hydrogen-bond donors (Lipinski definition) is 0. The summed E-state index contributed by atoms with van der Waals surface area (Å²) >= 11 is 0. The van der Waals surface area contributed by atoms with E-state index in [9.17, 15) is 4.39 Å². The van der Waals surface area contributed by atoms with Gasteiger partial charge in [-0.15, -0.1) is 0 Å². The molecular formula is C32H42FN. The van der Waals surface area contributed by atoms with Crippen LogP contribution in [0.2, 0.25) is 0 Å². The first-order valence-corrected chi connectivity index (χ1v) is 13.6. The maximum atomic E-state index is 14.6. The SMILES string of the molecule is CCCCCCCCCc1ccc(-c2ccc(-c3ccc(CCCCCC)cc3)cc2)nc1F. The highest BCUT2D eigenvalue weighted by Gasteiger charge is 2.08. The van der Waals surface area contributed by atoms with Crippen LogP contribution in [0.15, 0.2) is 60.7 Å². The number of pyridine rings is 1. The van der Waals surface area contributed by atoms with E-state index in [1.54, 1.807) is 0 Å². The number of aryl methyl sites for hydroxylation is 2. The average molecular weight is 460 g/mol.